The number of unbranched alkanes of at least 4 members (excludes halogenated alkanes) is 4. The van der Waals surface area contributed by atoms with Crippen molar-refractivity contribution in [2.75, 3.05) is 6.54 Å². The van der Waals surface area contributed by atoms with Crippen LogP contribution in [0, 0.1) is 11.8 Å². The van der Waals surface area contributed by atoms with Crippen molar-refractivity contribution in [2.24, 2.45) is 11.8 Å². The summed E-state index contributed by atoms with van der Waals surface area (Å²) < 4.78 is 0. The molecule has 0 radical (unpaired) electrons. The van der Waals surface area contributed by atoms with E-state index in [1.54, 1.807) is 12.5 Å². The summed E-state index contributed by atoms with van der Waals surface area (Å²) in [6, 6.07) is -0.139. The third kappa shape index (κ3) is 6.27. The number of hydrogen-bond acceptors (Lipinski definition) is 2. The fourth-order valence-corrected chi connectivity index (χ4v) is 4.38. The molecule has 3 nitrogen and oxygen atoms in total. The third-order valence-electron chi connectivity index (χ3n) is 6.02. The van der Waals surface area contributed by atoms with Crippen LogP contribution in [-0.2, 0) is 9.59 Å². The molecule has 3 heteroatoms. The van der Waals surface area contributed by atoms with Gasteiger partial charge in [-0.2, -0.15) is 0 Å². The number of allylic oxidation sites excluding steroid dienone is 2. The van der Waals surface area contributed by atoms with Gasteiger partial charge in [-0.3, -0.25) is 9.59 Å². The second kappa shape index (κ2) is 10.1. The number of hydrogen-bond donors (Lipinski definition) is 0. The highest BCUT2D eigenvalue weighted by Gasteiger charge is 2.36. The third-order valence-corrected chi connectivity index (χ3v) is 6.02. The lowest BCUT2D eigenvalue weighted by Crippen LogP contribution is -2.39. The van der Waals surface area contributed by atoms with Crippen molar-refractivity contribution in [1.82, 2.24) is 4.90 Å². The molecule has 0 aromatic heterocycles. The molecule has 1 heterocycles. The van der Waals surface area contributed by atoms with Crippen molar-refractivity contribution in [3.63, 3.8) is 0 Å². The first-order chi connectivity index (χ1) is 12.0. The maximum atomic E-state index is 12.3. The SMILES string of the molecule is CCCC1C[C@H]1/C(C)=C\CCCCCCC(=O)N1CCC[C@H]1C(C)=O. The molecule has 1 amide bonds. The number of nitrogens with zero attached hydrogens (tertiary/aromatic N) is 1. The molecule has 1 saturated carbocycles. The second-order valence-electron chi connectivity index (χ2n) is 8.15. The Morgan fingerprint density at radius 2 is 1.88 bits per heavy atom. The van der Waals surface area contributed by atoms with Crippen LogP contribution < -0.4 is 0 Å². The van der Waals surface area contributed by atoms with Gasteiger partial charge in [0.05, 0.1) is 6.04 Å². The zero-order valence-electron chi connectivity index (χ0n) is 16.6. The Morgan fingerprint density at radius 3 is 2.60 bits per heavy atom. The smallest absolute Gasteiger partial charge is 0.223 e. The summed E-state index contributed by atoms with van der Waals surface area (Å²) in [6.45, 7) is 6.97. The maximum Gasteiger partial charge on any atom is 0.223 e. The van der Waals surface area contributed by atoms with Gasteiger partial charge in [-0.05, 0) is 64.2 Å². The molecule has 3 atom stereocenters. The van der Waals surface area contributed by atoms with Crippen LogP contribution >= 0.6 is 0 Å². The van der Waals surface area contributed by atoms with Gasteiger partial charge in [0.25, 0.3) is 0 Å². The van der Waals surface area contributed by atoms with E-state index in [1.807, 2.05) is 4.90 Å². The van der Waals surface area contributed by atoms with Crippen molar-refractivity contribution < 1.29 is 9.59 Å². The van der Waals surface area contributed by atoms with Crippen LogP contribution in [0.1, 0.15) is 91.4 Å². The standard InChI is InChI=1S/C22H37NO2/c1-4-11-19-16-20(19)17(2)12-8-6-5-7-9-14-22(25)23-15-10-13-21(23)18(3)24/h12,19-21H,4-11,13-16H2,1-3H3/b17-12-/t19?,20-,21-/m0/s1. The minimum Gasteiger partial charge on any atom is -0.333 e. The van der Waals surface area contributed by atoms with Gasteiger partial charge in [0.2, 0.25) is 5.91 Å². The Hall–Kier alpha value is -1.12. The molecule has 0 aromatic rings. The first kappa shape index (κ1) is 20.2. The predicted octanol–water partition coefficient (Wildman–Crippen LogP) is 5.29. The first-order valence-electron chi connectivity index (χ1n) is 10.5. The van der Waals surface area contributed by atoms with E-state index in [2.05, 4.69) is 19.9 Å². The lowest BCUT2D eigenvalue weighted by molar-refractivity contribution is -0.137. The Morgan fingerprint density at radius 1 is 1.12 bits per heavy atom. The summed E-state index contributed by atoms with van der Waals surface area (Å²) in [4.78, 5) is 25.7. The van der Waals surface area contributed by atoms with Crippen molar-refractivity contribution in [3.8, 4) is 0 Å². The normalized spacial score (nSPS) is 26.1. The fraction of sp³-hybridized carbons (Fsp3) is 0.818. The monoisotopic (exact) mass is 347 g/mol. The van der Waals surface area contributed by atoms with Crippen molar-refractivity contribution in [2.45, 2.75) is 97.4 Å². The fourth-order valence-electron chi connectivity index (χ4n) is 4.38. The van der Waals surface area contributed by atoms with Crippen LogP contribution in [0.4, 0.5) is 0 Å². The minimum atomic E-state index is -0.139. The number of likely N-dealkylation sites (tertiary alicyclic amines) is 1. The molecule has 0 aromatic carbocycles. The van der Waals surface area contributed by atoms with Crippen LogP contribution in [0.2, 0.25) is 0 Å². The van der Waals surface area contributed by atoms with E-state index in [-0.39, 0.29) is 17.7 Å². The molecule has 0 spiro atoms. The molecule has 0 bridgehead atoms. The molecule has 1 saturated heterocycles. The Bertz CT molecular complexity index is 482. The Kier molecular flexibility index (Phi) is 8.18. The summed E-state index contributed by atoms with van der Waals surface area (Å²) in [7, 11) is 0. The highest BCUT2D eigenvalue weighted by atomic mass is 16.2. The van der Waals surface area contributed by atoms with Crippen LogP contribution in [0.5, 0.6) is 0 Å². The van der Waals surface area contributed by atoms with E-state index in [4.69, 9.17) is 0 Å². The number of carbonyl (C=O) groups excluding carboxylic acids is 2. The molecule has 1 unspecified atom stereocenters. The number of Topliss-reactive ketones (excluding diaryl/α,β-unsaturated/α-hetero) is 1. The Labute approximate surface area is 154 Å². The van der Waals surface area contributed by atoms with Crippen LogP contribution in [0.15, 0.2) is 11.6 Å². The number of carbonyl (C=O) groups is 2. The summed E-state index contributed by atoms with van der Waals surface area (Å²) in [5.41, 5.74) is 1.61. The zero-order chi connectivity index (χ0) is 18.2. The minimum absolute atomic E-state index is 0.139. The van der Waals surface area contributed by atoms with Crippen molar-refractivity contribution in [3.05, 3.63) is 11.6 Å². The summed E-state index contributed by atoms with van der Waals surface area (Å²) in [6.07, 6.45) is 14.7. The van der Waals surface area contributed by atoms with Crippen molar-refractivity contribution >= 4 is 11.7 Å². The van der Waals surface area contributed by atoms with E-state index in [0.29, 0.717) is 6.42 Å². The van der Waals surface area contributed by atoms with Crippen molar-refractivity contribution in [1.29, 1.82) is 0 Å². The second-order valence-corrected chi connectivity index (χ2v) is 8.15. The molecule has 2 aliphatic rings. The highest BCUT2D eigenvalue weighted by molar-refractivity contribution is 5.88. The van der Waals surface area contributed by atoms with Gasteiger partial charge in [0.1, 0.15) is 0 Å². The van der Waals surface area contributed by atoms with Gasteiger partial charge < -0.3 is 4.90 Å². The lowest BCUT2D eigenvalue weighted by Gasteiger charge is -2.22. The first-order valence-corrected chi connectivity index (χ1v) is 10.5. The zero-order valence-corrected chi connectivity index (χ0v) is 16.6. The molecule has 1 aliphatic heterocycles. The number of amides is 1. The van der Waals surface area contributed by atoms with Gasteiger partial charge in [-0.1, -0.05) is 44.3 Å². The summed E-state index contributed by atoms with van der Waals surface area (Å²) >= 11 is 0. The van der Waals surface area contributed by atoms with E-state index in [1.165, 1.54) is 38.5 Å². The van der Waals surface area contributed by atoms with E-state index >= 15 is 0 Å². The number of ketones is 1. The molecule has 2 fully saturated rings. The summed E-state index contributed by atoms with van der Waals surface area (Å²) in [5.74, 6) is 2.18. The maximum absolute atomic E-state index is 12.3. The molecular weight excluding hydrogens is 310 g/mol. The molecular formula is C22H37NO2. The van der Waals surface area contributed by atoms with Crippen LogP contribution in [0.3, 0.4) is 0 Å². The van der Waals surface area contributed by atoms with E-state index in [0.717, 1.165) is 44.1 Å². The molecule has 0 N–H and O–H groups in total. The topological polar surface area (TPSA) is 37.4 Å². The summed E-state index contributed by atoms with van der Waals surface area (Å²) in [5, 5.41) is 0. The van der Waals surface area contributed by atoms with Gasteiger partial charge in [0.15, 0.2) is 5.78 Å². The van der Waals surface area contributed by atoms with Gasteiger partial charge in [-0.25, -0.2) is 0 Å². The predicted molar refractivity (Wildman–Crippen MR) is 103 cm³/mol. The van der Waals surface area contributed by atoms with Crippen LogP contribution in [-0.4, -0.2) is 29.2 Å². The average molecular weight is 348 g/mol. The largest absolute Gasteiger partial charge is 0.333 e. The highest BCUT2D eigenvalue weighted by Crippen LogP contribution is 2.46. The van der Waals surface area contributed by atoms with Gasteiger partial charge >= 0.3 is 0 Å². The molecule has 1 aliphatic carbocycles. The van der Waals surface area contributed by atoms with Gasteiger partial charge in [0, 0.05) is 13.0 Å². The molecule has 25 heavy (non-hydrogen) atoms. The quantitative estimate of drug-likeness (QED) is 0.376. The van der Waals surface area contributed by atoms with E-state index < -0.39 is 0 Å². The van der Waals surface area contributed by atoms with Gasteiger partial charge in [-0.15, -0.1) is 0 Å². The lowest BCUT2D eigenvalue weighted by atomic mass is 10.0. The average Bonchev–Trinajstić information content (AvgIpc) is 3.17. The van der Waals surface area contributed by atoms with E-state index in [9.17, 15) is 9.59 Å². The number of rotatable bonds is 11. The van der Waals surface area contributed by atoms with Crippen LogP contribution in [0.25, 0.3) is 0 Å². The molecule has 142 valence electrons. The Balaban J connectivity index is 1.52. The molecule has 2 rings (SSSR count).